The molecule has 0 atom stereocenters. The summed E-state index contributed by atoms with van der Waals surface area (Å²) in [5, 5.41) is 5.06. The molecule has 5 heteroatoms. The van der Waals surface area contributed by atoms with Gasteiger partial charge in [-0.2, -0.15) is 0 Å². The molecule has 0 spiro atoms. The second-order valence-corrected chi connectivity index (χ2v) is 3.75. The standard InChI is InChI=1S/C12H12N4O/c13-6-5-11-14-7-8-16(11)12-9-3-1-2-4-10(9)17-15-12/h1-4,7-8H,5-6,13H2. The smallest absolute Gasteiger partial charge is 0.189 e. The summed E-state index contributed by atoms with van der Waals surface area (Å²) < 4.78 is 7.19. The maximum absolute atomic E-state index is 5.56. The summed E-state index contributed by atoms with van der Waals surface area (Å²) in [4.78, 5) is 4.27. The molecule has 5 nitrogen and oxygen atoms in total. The summed E-state index contributed by atoms with van der Waals surface area (Å²) in [5.41, 5.74) is 6.33. The predicted octanol–water partition coefficient (Wildman–Crippen LogP) is 1.51. The summed E-state index contributed by atoms with van der Waals surface area (Å²) in [5.74, 6) is 1.66. The van der Waals surface area contributed by atoms with Gasteiger partial charge in [0.05, 0.1) is 5.39 Å². The highest BCUT2D eigenvalue weighted by Crippen LogP contribution is 2.22. The van der Waals surface area contributed by atoms with Gasteiger partial charge >= 0.3 is 0 Å². The number of hydrogen-bond acceptors (Lipinski definition) is 4. The minimum atomic E-state index is 0.562. The number of nitrogens with two attached hydrogens (primary N) is 1. The van der Waals surface area contributed by atoms with E-state index in [9.17, 15) is 0 Å². The van der Waals surface area contributed by atoms with Crippen LogP contribution in [0.3, 0.4) is 0 Å². The largest absolute Gasteiger partial charge is 0.354 e. The zero-order chi connectivity index (χ0) is 11.7. The molecule has 17 heavy (non-hydrogen) atoms. The minimum Gasteiger partial charge on any atom is -0.354 e. The monoisotopic (exact) mass is 228 g/mol. The fourth-order valence-electron chi connectivity index (χ4n) is 1.89. The van der Waals surface area contributed by atoms with E-state index in [1.807, 2.05) is 35.0 Å². The lowest BCUT2D eigenvalue weighted by atomic mass is 10.2. The van der Waals surface area contributed by atoms with E-state index in [1.54, 1.807) is 6.20 Å². The maximum Gasteiger partial charge on any atom is 0.189 e. The Labute approximate surface area is 97.8 Å². The van der Waals surface area contributed by atoms with E-state index < -0.39 is 0 Å². The average molecular weight is 228 g/mol. The van der Waals surface area contributed by atoms with Crippen LogP contribution in [0.4, 0.5) is 0 Å². The Balaban J connectivity index is 2.17. The highest BCUT2D eigenvalue weighted by atomic mass is 16.5. The number of rotatable bonds is 3. The summed E-state index contributed by atoms with van der Waals surface area (Å²) in [6.07, 6.45) is 4.33. The summed E-state index contributed by atoms with van der Waals surface area (Å²) >= 11 is 0. The van der Waals surface area contributed by atoms with Crippen molar-refractivity contribution >= 4 is 11.0 Å². The number of hydrogen-bond donors (Lipinski definition) is 1. The van der Waals surface area contributed by atoms with Crippen molar-refractivity contribution in [1.29, 1.82) is 0 Å². The predicted molar refractivity (Wildman–Crippen MR) is 63.9 cm³/mol. The first-order valence-corrected chi connectivity index (χ1v) is 5.47. The van der Waals surface area contributed by atoms with Crippen molar-refractivity contribution in [3.8, 4) is 5.82 Å². The molecule has 0 saturated heterocycles. The molecule has 1 aromatic carbocycles. The topological polar surface area (TPSA) is 69.9 Å². The molecule has 0 radical (unpaired) electrons. The van der Waals surface area contributed by atoms with Crippen LogP contribution in [0.5, 0.6) is 0 Å². The number of nitrogens with zero attached hydrogens (tertiary/aromatic N) is 3. The molecule has 0 aliphatic rings. The average Bonchev–Trinajstić information content (AvgIpc) is 2.95. The molecule has 2 aromatic heterocycles. The van der Waals surface area contributed by atoms with Gasteiger partial charge in [-0.15, -0.1) is 0 Å². The van der Waals surface area contributed by atoms with E-state index >= 15 is 0 Å². The molecule has 3 aromatic rings. The van der Waals surface area contributed by atoms with Crippen LogP contribution in [-0.4, -0.2) is 21.3 Å². The Morgan fingerprint density at radius 2 is 2.18 bits per heavy atom. The van der Waals surface area contributed by atoms with Crippen LogP contribution in [0.15, 0.2) is 41.2 Å². The summed E-state index contributed by atoms with van der Waals surface area (Å²) in [6, 6.07) is 7.76. The number of imidazole rings is 1. The molecule has 0 bridgehead atoms. The zero-order valence-electron chi connectivity index (χ0n) is 9.21. The van der Waals surface area contributed by atoms with Crippen molar-refractivity contribution in [3.63, 3.8) is 0 Å². The van der Waals surface area contributed by atoms with Gasteiger partial charge in [0.25, 0.3) is 0 Å². The molecule has 0 unspecified atom stereocenters. The van der Waals surface area contributed by atoms with Gasteiger partial charge in [-0.3, -0.25) is 4.57 Å². The van der Waals surface area contributed by atoms with E-state index in [0.29, 0.717) is 13.0 Å². The molecule has 0 saturated carbocycles. The molecule has 0 aliphatic carbocycles. The molecule has 0 aliphatic heterocycles. The fraction of sp³-hybridized carbons (Fsp3) is 0.167. The molecule has 2 heterocycles. The van der Waals surface area contributed by atoms with Crippen molar-refractivity contribution in [3.05, 3.63) is 42.5 Å². The molecule has 0 fully saturated rings. The van der Waals surface area contributed by atoms with Gasteiger partial charge in [0.15, 0.2) is 11.4 Å². The van der Waals surface area contributed by atoms with E-state index in [4.69, 9.17) is 10.3 Å². The zero-order valence-corrected chi connectivity index (χ0v) is 9.21. The quantitative estimate of drug-likeness (QED) is 0.737. The molecular formula is C12H12N4O. The maximum atomic E-state index is 5.56. The first-order chi connectivity index (χ1) is 8.40. The Kier molecular flexibility index (Phi) is 2.38. The highest BCUT2D eigenvalue weighted by Gasteiger charge is 2.12. The molecular weight excluding hydrogens is 216 g/mol. The lowest BCUT2D eigenvalue weighted by Crippen LogP contribution is -2.08. The van der Waals surface area contributed by atoms with Crippen molar-refractivity contribution in [2.75, 3.05) is 6.54 Å². The number of fused-ring (bicyclic) bond motifs is 1. The van der Waals surface area contributed by atoms with Gasteiger partial charge in [-0.25, -0.2) is 4.98 Å². The second-order valence-electron chi connectivity index (χ2n) is 3.75. The third-order valence-electron chi connectivity index (χ3n) is 2.67. The van der Waals surface area contributed by atoms with Crippen molar-refractivity contribution in [2.24, 2.45) is 5.73 Å². The van der Waals surface area contributed by atoms with E-state index in [2.05, 4.69) is 10.1 Å². The Hall–Kier alpha value is -2.14. The van der Waals surface area contributed by atoms with E-state index in [1.165, 1.54) is 0 Å². The SMILES string of the molecule is NCCc1nccn1-c1noc2ccccc12. The first-order valence-electron chi connectivity index (χ1n) is 5.47. The molecule has 3 rings (SSSR count). The number of benzene rings is 1. The molecule has 2 N–H and O–H groups in total. The van der Waals surface area contributed by atoms with Crippen LogP contribution in [0.1, 0.15) is 5.82 Å². The van der Waals surface area contributed by atoms with Crippen LogP contribution in [0, 0.1) is 0 Å². The highest BCUT2D eigenvalue weighted by molar-refractivity contribution is 5.84. The van der Waals surface area contributed by atoms with Crippen LogP contribution >= 0.6 is 0 Å². The Bertz CT molecular complexity index is 641. The lowest BCUT2D eigenvalue weighted by molar-refractivity contribution is 0.451. The fourth-order valence-corrected chi connectivity index (χ4v) is 1.89. The van der Waals surface area contributed by atoms with E-state index in [0.717, 1.165) is 22.6 Å². The third-order valence-corrected chi connectivity index (χ3v) is 2.67. The van der Waals surface area contributed by atoms with Crippen LogP contribution in [0.25, 0.3) is 16.8 Å². The van der Waals surface area contributed by atoms with Gasteiger partial charge in [-0.05, 0) is 18.7 Å². The third kappa shape index (κ3) is 1.60. The van der Waals surface area contributed by atoms with Gasteiger partial charge < -0.3 is 10.3 Å². The van der Waals surface area contributed by atoms with Crippen LogP contribution < -0.4 is 5.73 Å². The Morgan fingerprint density at radius 1 is 1.29 bits per heavy atom. The van der Waals surface area contributed by atoms with Crippen molar-refractivity contribution in [1.82, 2.24) is 14.7 Å². The summed E-state index contributed by atoms with van der Waals surface area (Å²) in [6.45, 7) is 0.562. The Morgan fingerprint density at radius 3 is 3.06 bits per heavy atom. The van der Waals surface area contributed by atoms with Crippen molar-refractivity contribution < 1.29 is 4.52 Å². The normalized spacial score (nSPS) is 11.1. The van der Waals surface area contributed by atoms with Gasteiger partial charge in [-0.1, -0.05) is 17.3 Å². The van der Waals surface area contributed by atoms with Gasteiger partial charge in [0.2, 0.25) is 0 Å². The minimum absolute atomic E-state index is 0.562. The first kappa shape index (κ1) is 10.0. The molecule has 86 valence electrons. The van der Waals surface area contributed by atoms with E-state index in [-0.39, 0.29) is 0 Å². The van der Waals surface area contributed by atoms with Crippen LogP contribution in [0.2, 0.25) is 0 Å². The second kappa shape index (κ2) is 4.03. The molecule has 0 amide bonds. The lowest BCUT2D eigenvalue weighted by Gasteiger charge is -2.02. The van der Waals surface area contributed by atoms with Crippen molar-refractivity contribution in [2.45, 2.75) is 6.42 Å². The summed E-state index contributed by atoms with van der Waals surface area (Å²) in [7, 11) is 0. The number of aromatic nitrogens is 3. The van der Waals surface area contributed by atoms with Crippen LogP contribution in [-0.2, 0) is 6.42 Å². The number of para-hydroxylation sites is 1. The van der Waals surface area contributed by atoms with Gasteiger partial charge in [0.1, 0.15) is 5.82 Å². The van der Waals surface area contributed by atoms with Gasteiger partial charge in [0, 0.05) is 18.8 Å².